The molecule has 1 rings (SSSR count). The summed E-state index contributed by atoms with van der Waals surface area (Å²) in [5.41, 5.74) is 1.07. The van der Waals surface area contributed by atoms with E-state index in [1.807, 2.05) is 6.07 Å². The number of nitrogens with one attached hydrogen (secondary N) is 1. The normalized spacial score (nSPS) is 10.4. The predicted molar refractivity (Wildman–Crippen MR) is 65.6 cm³/mol. The van der Waals surface area contributed by atoms with Gasteiger partial charge in [-0.1, -0.05) is 13.8 Å². The van der Waals surface area contributed by atoms with Gasteiger partial charge in [0.25, 0.3) is 0 Å². The summed E-state index contributed by atoms with van der Waals surface area (Å²) in [6, 6.07) is 1.99. The van der Waals surface area contributed by atoms with Crippen molar-refractivity contribution in [3.05, 3.63) is 18.1 Å². The molecule has 1 aromatic rings. The van der Waals surface area contributed by atoms with Crippen molar-refractivity contribution in [3.8, 4) is 0 Å². The van der Waals surface area contributed by atoms with Crippen LogP contribution in [0.5, 0.6) is 0 Å². The number of rotatable bonds is 8. The highest BCUT2D eigenvalue weighted by molar-refractivity contribution is 5.34. The van der Waals surface area contributed by atoms with Crippen LogP contribution in [0.15, 0.2) is 12.4 Å². The molecule has 4 heteroatoms. The molecular formula is C12H21N3O. The summed E-state index contributed by atoms with van der Waals surface area (Å²) in [5, 5.41) is 3.27. The first-order valence-electron chi connectivity index (χ1n) is 5.99. The Morgan fingerprint density at radius 2 is 2.12 bits per heavy atom. The van der Waals surface area contributed by atoms with Gasteiger partial charge in [0.15, 0.2) is 0 Å². The van der Waals surface area contributed by atoms with E-state index >= 15 is 0 Å². The fraction of sp³-hybridized carbons (Fsp3) is 0.667. The van der Waals surface area contributed by atoms with Crippen LogP contribution in [-0.2, 0) is 11.2 Å². The molecule has 0 unspecified atom stereocenters. The summed E-state index contributed by atoms with van der Waals surface area (Å²) < 4.78 is 5.39. The molecular weight excluding hydrogens is 202 g/mol. The molecule has 0 fully saturated rings. The van der Waals surface area contributed by atoms with Gasteiger partial charge in [-0.05, 0) is 19.3 Å². The zero-order chi connectivity index (χ0) is 11.6. The van der Waals surface area contributed by atoms with Gasteiger partial charge >= 0.3 is 0 Å². The number of nitrogens with zero attached hydrogens (tertiary/aromatic N) is 2. The highest BCUT2D eigenvalue weighted by Gasteiger charge is 1.96. The highest BCUT2D eigenvalue weighted by Crippen LogP contribution is 2.04. The van der Waals surface area contributed by atoms with E-state index in [9.17, 15) is 0 Å². The summed E-state index contributed by atoms with van der Waals surface area (Å²) >= 11 is 0. The van der Waals surface area contributed by atoms with Crippen molar-refractivity contribution in [2.75, 3.05) is 25.1 Å². The number of hydrogen-bond acceptors (Lipinski definition) is 4. The SMILES string of the molecule is CCCOCCCNc1cc(CC)ncn1. The Morgan fingerprint density at radius 1 is 1.25 bits per heavy atom. The van der Waals surface area contributed by atoms with Crippen molar-refractivity contribution in [1.82, 2.24) is 9.97 Å². The van der Waals surface area contributed by atoms with Crippen molar-refractivity contribution in [2.24, 2.45) is 0 Å². The molecule has 0 saturated heterocycles. The molecule has 90 valence electrons. The van der Waals surface area contributed by atoms with Crippen molar-refractivity contribution in [1.29, 1.82) is 0 Å². The minimum absolute atomic E-state index is 0.812. The first kappa shape index (κ1) is 12.9. The number of hydrogen-bond donors (Lipinski definition) is 1. The molecule has 0 aliphatic rings. The van der Waals surface area contributed by atoms with Gasteiger partial charge in [0.1, 0.15) is 12.1 Å². The quantitative estimate of drug-likeness (QED) is 0.687. The van der Waals surface area contributed by atoms with Crippen molar-refractivity contribution >= 4 is 5.82 Å². The number of anilines is 1. The molecule has 0 aliphatic carbocycles. The van der Waals surface area contributed by atoms with E-state index in [2.05, 4.69) is 29.1 Å². The summed E-state index contributed by atoms with van der Waals surface area (Å²) in [7, 11) is 0. The Hall–Kier alpha value is -1.16. The van der Waals surface area contributed by atoms with Gasteiger partial charge in [0, 0.05) is 31.5 Å². The van der Waals surface area contributed by atoms with Crippen LogP contribution in [0.2, 0.25) is 0 Å². The molecule has 0 amide bonds. The Morgan fingerprint density at radius 3 is 2.88 bits per heavy atom. The van der Waals surface area contributed by atoms with Crippen molar-refractivity contribution in [2.45, 2.75) is 33.1 Å². The van der Waals surface area contributed by atoms with E-state index in [0.29, 0.717) is 0 Å². The highest BCUT2D eigenvalue weighted by atomic mass is 16.5. The van der Waals surface area contributed by atoms with Crippen LogP contribution in [-0.4, -0.2) is 29.7 Å². The molecule has 0 aliphatic heterocycles. The minimum atomic E-state index is 0.812. The fourth-order valence-electron chi connectivity index (χ4n) is 1.32. The second-order valence-corrected chi connectivity index (χ2v) is 3.64. The monoisotopic (exact) mass is 223 g/mol. The summed E-state index contributed by atoms with van der Waals surface area (Å²) in [5.74, 6) is 0.905. The average molecular weight is 223 g/mol. The number of ether oxygens (including phenoxy) is 1. The topological polar surface area (TPSA) is 47.0 Å². The second kappa shape index (κ2) is 8.05. The molecule has 0 atom stereocenters. The van der Waals surface area contributed by atoms with Crippen LogP contribution in [0.1, 0.15) is 32.4 Å². The average Bonchev–Trinajstić information content (AvgIpc) is 2.34. The van der Waals surface area contributed by atoms with Gasteiger partial charge in [0.2, 0.25) is 0 Å². The smallest absolute Gasteiger partial charge is 0.129 e. The molecule has 1 aromatic heterocycles. The van der Waals surface area contributed by atoms with Crippen molar-refractivity contribution < 1.29 is 4.74 Å². The summed E-state index contributed by atoms with van der Waals surface area (Å²) in [6.07, 6.45) is 4.64. The van der Waals surface area contributed by atoms with Crippen LogP contribution in [0.4, 0.5) is 5.82 Å². The van der Waals surface area contributed by atoms with E-state index in [1.54, 1.807) is 6.33 Å². The molecule has 16 heavy (non-hydrogen) atoms. The Labute approximate surface area is 97.5 Å². The third-order valence-electron chi connectivity index (χ3n) is 2.21. The van der Waals surface area contributed by atoms with Gasteiger partial charge in [-0.15, -0.1) is 0 Å². The molecule has 0 bridgehead atoms. The van der Waals surface area contributed by atoms with E-state index < -0.39 is 0 Å². The molecule has 0 spiro atoms. The fourth-order valence-corrected chi connectivity index (χ4v) is 1.32. The zero-order valence-corrected chi connectivity index (χ0v) is 10.2. The standard InChI is InChI=1S/C12H21N3O/c1-3-7-16-8-5-6-13-12-9-11(4-2)14-10-15-12/h9-10H,3-8H2,1-2H3,(H,13,14,15). The second-order valence-electron chi connectivity index (χ2n) is 3.64. The molecule has 0 saturated carbocycles. The van der Waals surface area contributed by atoms with E-state index in [0.717, 1.165) is 50.5 Å². The lowest BCUT2D eigenvalue weighted by atomic mass is 10.3. The van der Waals surface area contributed by atoms with Crippen LogP contribution >= 0.6 is 0 Å². The maximum Gasteiger partial charge on any atom is 0.129 e. The maximum absolute atomic E-state index is 5.39. The van der Waals surface area contributed by atoms with E-state index in [4.69, 9.17) is 4.74 Å². The number of aryl methyl sites for hydroxylation is 1. The minimum Gasteiger partial charge on any atom is -0.381 e. The van der Waals surface area contributed by atoms with Gasteiger partial charge in [-0.2, -0.15) is 0 Å². The van der Waals surface area contributed by atoms with Crippen LogP contribution in [0.3, 0.4) is 0 Å². The third-order valence-corrected chi connectivity index (χ3v) is 2.21. The van der Waals surface area contributed by atoms with E-state index in [1.165, 1.54) is 0 Å². The van der Waals surface area contributed by atoms with Gasteiger partial charge in [-0.25, -0.2) is 9.97 Å². The summed E-state index contributed by atoms with van der Waals surface area (Å²) in [4.78, 5) is 8.31. The summed E-state index contributed by atoms with van der Waals surface area (Å²) in [6.45, 7) is 6.76. The lowest BCUT2D eigenvalue weighted by molar-refractivity contribution is 0.134. The largest absolute Gasteiger partial charge is 0.381 e. The number of aromatic nitrogens is 2. The molecule has 0 radical (unpaired) electrons. The lowest BCUT2D eigenvalue weighted by Gasteiger charge is -2.06. The predicted octanol–water partition coefficient (Wildman–Crippen LogP) is 2.27. The Kier molecular flexibility index (Phi) is 6.49. The lowest BCUT2D eigenvalue weighted by Crippen LogP contribution is -2.07. The van der Waals surface area contributed by atoms with Crippen molar-refractivity contribution in [3.63, 3.8) is 0 Å². The Bertz CT molecular complexity index is 291. The van der Waals surface area contributed by atoms with Gasteiger partial charge < -0.3 is 10.1 Å². The van der Waals surface area contributed by atoms with Gasteiger partial charge in [0.05, 0.1) is 0 Å². The molecule has 4 nitrogen and oxygen atoms in total. The first-order chi connectivity index (χ1) is 7.86. The molecule has 1 heterocycles. The van der Waals surface area contributed by atoms with E-state index in [-0.39, 0.29) is 0 Å². The molecule has 1 N–H and O–H groups in total. The van der Waals surface area contributed by atoms with Crippen LogP contribution in [0.25, 0.3) is 0 Å². The first-order valence-corrected chi connectivity index (χ1v) is 5.99. The third kappa shape index (κ3) is 5.07. The Balaban J connectivity index is 2.16. The van der Waals surface area contributed by atoms with Gasteiger partial charge in [-0.3, -0.25) is 0 Å². The maximum atomic E-state index is 5.39. The van der Waals surface area contributed by atoms with Crippen LogP contribution in [0, 0.1) is 0 Å². The van der Waals surface area contributed by atoms with Crippen LogP contribution < -0.4 is 5.32 Å². The molecule has 0 aromatic carbocycles. The zero-order valence-electron chi connectivity index (χ0n) is 10.2.